The summed E-state index contributed by atoms with van der Waals surface area (Å²) >= 11 is 6.17. The van der Waals surface area contributed by atoms with Gasteiger partial charge in [-0.15, -0.1) is 10.2 Å². The molecule has 2 aromatic carbocycles. The topological polar surface area (TPSA) is 75.0 Å². The zero-order valence-electron chi connectivity index (χ0n) is 16.4. The Labute approximate surface area is 178 Å². The summed E-state index contributed by atoms with van der Waals surface area (Å²) in [4.78, 5) is 18.2. The Hall–Kier alpha value is -3.12. The highest BCUT2D eigenvalue weighted by atomic mass is 35.5. The van der Waals surface area contributed by atoms with Gasteiger partial charge >= 0.3 is 0 Å². The lowest BCUT2D eigenvalue weighted by atomic mass is 10.0. The van der Waals surface area contributed by atoms with Gasteiger partial charge < -0.3 is 14.3 Å². The average Bonchev–Trinajstić information content (AvgIpc) is 3.38. The van der Waals surface area contributed by atoms with E-state index in [4.69, 9.17) is 16.0 Å². The normalized spacial score (nSPS) is 13.6. The fourth-order valence-electron chi connectivity index (χ4n) is 4.00. The molecule has 1 aliphatic rings. The molecule has 0 radical (unpaired) electrons. The molecule has 152 valence electrons. The number of rotatable bonds is 5. The molecule has 0 atom stereocenters. The number of hydrogen-bond acceptors (Lipinski definition) is 4. The first-order chi connectivity index (χ1) is 14.7. The number of benzene rings is 2. The van der Waals surface area contributed by atoms with Gasteiger partial charge in [0, 0.05) is 65.1 Å². The first-order valence-electron chi connectivity index (χ1n) is 10.1. The molecule has 6 nitrogen and oxygen atoms in total. The van der Waals surface area contributed by atoms with Crippen LogP contribution >= 0.6 is 11.6 Å². The standard InChI is InChI=1S/C23H21ClN4O2/c24-16-9-10-19-17(13-16)18-14-28(12-11-20(18)25-19)22(29)8-4-7-21-26-27-23(30-21)15-5-2-1-3-6-15/h1-3,5-6,9-10,13,25H,4,7-8,11-12,14H2. The van der Waals surface area contributed by atoms with Crippen molar-refractivity contribution in [3.63, 3.8) is 0 Å². The fourth-order valence-corrected chi connectivity index (χ4v) is 4.17. The van der Waals surface area contributed by atoms with E-state index in [1.165, 1.54) is 11.3 Å². The van der Waals surface area contributed by atoms with Crippen molar-refractivity contribution in [1.29, 1.82) is 0 Å². The molecule has 0 aliphatic carbocycles. The number of nitrogens with one attached hydrogen (secondary N) is 1. The summed E-state index contributed by atoms with van der Waals surface area (Å²) in [7, 11) is 0. The predicted octanol–water partition coefficient (Wildman–Crippen LogP) is 4.78. The van der Waals surface area contributed by atoms with Crippen LogP contribution in [0.25, 0.3) is 22.4 Å². The van der Waals surface area contributed by atoms with E-state index in [9.17, 15) is 4.79 Å². The van der Waals surface area contributed by atoms with Crippen molar-refractivity contribution >= 4 is 28.4 Å². The monoisotopic (exact) mass is 420 g/mol. The zero-order chi connectivity index (χ0) is 20.5. The summed E-state index contributed by atoms with van der Waals surface area (Å²) < 4.78 is 5.73. The van der Waals surface area contributed by atoms with Gasteiger partial charge in [-0.05, 0) is 36.8 Å². The lowest BCUT2D eigenvalue weighted by molar-refractivity contribution is -0.132. The lowest BCUT2D eigenvalue weighted by Gasteiger charge is -2.27. The maximum Gasteiger partial charge on any atom is 0.247 e. The third-order valence-electron chi connectivity index (χ3n) is 5.56. The van der Waals surface area contributed by atoms with E-state index in [2.05, 4.69) is 15.2 Å². The van der Waals surface area contributed by atoms with Gasteiger partial charge in [0.25, 0.3) is 0 Å². The SMILES string of the molecule is O=C(CCCc1nnc(-c2ccccc2)o1)N1CCc2[nH]c3ccc(Cl)cc3c2C1. The van der Waals surface area contributed by atoms with Crippen LogP contribution in [0.3, 0.4) is 0 Å². The van der Waals surface area contributed by atoms with Crippen LogP contribution in [-0.2, 0) is 24.2 Å². The summed E-state index contributed by atoms with van der Waals surface area (Å²) in [5, 5.41) is 10.0. The molecule has 0 saturated heterocycles. The van der Waals surface area contributed by atoms with Gasteiger partial charge in [0.05, 0.1) is 0 Å². The molecule has 5 rings (SSSR count). The van der Waals surface area contributed by atoms with Crippen molar-refractivity contribution in [2.45, 2.75) is 32.2 Å². The van der Waals surface area contributed by atoms with Crippen LogP contribution in [0.5, 0.6) is 0 Å². The predicted molar refractivity (Wildman–Crippen MR) is 115 cm³/mol. The van der Waals surface area contributed by atoms with Crippen molar-refractivity contribution in [2.75, 3.05) is 6.54 Å². The van der Waals surface area contributed by atoms with Gasteiger partial charge in [0.2, 0.25) is 17.7 Å². The van der Waals surface area contributed by atoms with Crippen molar-refractivity contribution < 1.29 is 9.21 Å². The molecule has 0 spiro atoms. The number of carbonyl (C=O) groups is 1. The van der Waals surface area contributed by atoms with E-state index in [0.29, 0.717) is 42.6 Å². The van der Waals surface area contributed by atoms with E-state index in [1.54, 1.807) is 0 Å². The van der Waals surface area contributed by atoms with Crippen LogP contribution in [0.15, 0.2) is 52.9 Å². The van der Waals surface area contributed by atoms with Gasteiger partial charge in [0.15, 0.2) is 0 Å². The summed E-state index contributed by atoms with van der Waals surface area (Å²) in [6.45, 7) is 1.35. The molecule has 30 heavy (non-hydrogen) atoms. The number of aromatic nitrogens is 3. The Morgan fingerprint density at radius 2 is 2.03 bits per heavy atom. The van der Waals surface area contributed by atoms with Crippen LogP contribution in [0.4, 0.5) is 0 Å². The number of H-pyrrole nitrogens is 1. The first-order valence-corrected chi connectivity index (χ1v) is 10.5. The van der Waals surface area contributed by atoms with Gasteiger partial charge in [-0.2, -0.15) is 0 Å². The minimum absolute atomic E-state index is 0.153. The summed E-state index contributed by atoms with van der Waals surface area (Å²) in [5.74, 6) is 1.23. The number of amides is 1. The second kappa shape index (κ2) is 7.95. The van der Waals surface area contributed by atoms with Crippen LogP contribution < -0.4 is 0 Å². The Kier molecular flexibility index (Phi) is 5.01. The lowest BCUT2D eigenvalue weighted by Crippen LogP contribution is -2.35. The number of fused-ring (bicyclic) bond motifs is 3. The number of aryl methyl sites for hydroxylation is 1. The molecule has 0 saturated carbocycles. The first kappa shape index (κ1) is 18.9. The third-order valence-corrected chi connectivity index (χ3v) is 5.79. The molecule has 1 aliphatic heterocycles. The minimum Gasteiger partial charge on any atom is -0.421 e. The highest BCUT2D eigenvalue weighted by molar-refractivity contribution is 6.31. The second-order valence-electron chi connectivity index (χ2n) is 7.56. The maximum atomic E-state index is 12.8. The van der Waals surface area contributed by atoms with E-state index in [0.717, 1.165) is 29.4 Å². The summed E-state index contributed by atoms with van der Waals surface area (Å²) in [6.07, 6.45) is 2.56. The van der Waals surface area contributed by atoms with E-state index in [-0.39, 0.29) is 5.91 Å². The fraction of sp³-hybridized carbons (Fsp3) is 0.261. The maximum absolute atomic E-state index is 12.8. The largest absolute Gasteiger partial charge is 0.421 e. The molecule has 0 unspecified atom stereocenters. The van der Waals surface area contributed by atoms with Crippen LogP contribution in [-0.4, -0.2) is 32.5 Å². The van der Waals surface area contributed by atoms with E-state index < -0.39 is 0 Å². The second-order valence-corrected chi connectivity index (χ2v) is 7.99. The number of aromatic amines is 1. The van der Waals surface area contributed by atoms with Crippen molar-refractivity contribution in [2.24, 2.45) is 0 Å². The minimum atomic E-state index is 0.153. The summed E-state index contributed by atoms with van der Waals surface area (Å²) in [6, 6.07) is 15.5. The molecule has 0 fully saturated rings. The van der Waals surface area contributed by atoms with E-state index in [1.807, 2.05) is 53.4 Å². The molecule has 0 bridgehead atoms. The van der Waals surface area contributed by atoms with Crippen molar-refractivity contribution in [3.8, 4) is 11.5 Å². The molecule has 4 aromatic rings. The number of hydrogen-bond donors (Lipinski definition) is 1. The van der Waals surface area contributed by atoms with Crippen molar-refractivity contribution in [3.05, 3.63) is 70.7 Å². The molecule has 7 heteroatoms. The number of halogens is 1. The number of nitrogens with zero attached hydrogens (tertiary/aromatic N) is 3. The molecular formula is C23H21ClN4O2. The van der Waals surface area contributed by atoms with Crippen molar-refractivity contribution in [1.82, 2.24) is 20.1 Å². The van der Waals surface area contributed by atoms with Crippen LogP contribution in [0.2, 0.25) is 5.02 Å². The van der Waals surface area contributed by atoms with Gasteiger partial charge in [0.1, 0.15) is 0 Å². The Morgan fingerprint density at radius 3 is 2.90 bits per heavy atom. The Morgan fingerprint density at radius 1 is 1.17 bits per heavy atom. The molecule has 1 amide bonds. The Bertz CT molecular complexity index is 1200. The highest BCUT2D eigenvalue weighted by Gasteiger charge is 2.24. The molecule has 1 N–H and O–H groups in total. The zero-order valence-corrected chi connectivity index (χ0v) is 17.2. The molecule has 2 aromatic heterocycles. The average molecular weight is 421 g/mol. The summed E-state index contributed by atoms with van der Waals surface area (Å²) in [5.41, 5.74) is 4.35. The third kappa shape index (κ3) is 3.71. The van der Waals surface area contributed by atoms with Gasteiger partial charge in [-0.3, -0.25) is 4.79 Å². The molecular weight excluding hydrogens is 400 g/mol. The van der Waals surface area contributed by atoms with Gasteiger partial charge in [-0.25, -0.2) is 0 Å². The molecule has 3 heterocycles. The smallest absolute Gasteiger partial charge is 0.247 e. The van der Waals surface area contributed by atoms with Crippen LogP contribution in [0, 0.1) is 0 Å². The number of carbonyl (C=O) groups excluding carboxylic acids is 1. The quantitative estimate of drug-likeness (QED) is 0.504. The Balaban J connectivity index is 1.19. The highest BCUT2D eigenvalue weighted by Crippen LogP contribution is 2.30. The van der Waals surface area contributed by atoms with Gasteiger partial charge in [-0.1, -0.05) is 29.8 Å². The van der Waals surface area contributed by atoms with Crippen LogP contribution in [0.1, 0.15) is 30.0 Å². The van der Waals surface area contributed by atoms with E-state index >= 15 is 0 Å².